The van der Waals surface area contributed by atoms with Gasteiger partial charge in [0.25, 0.3) is 0 Å². The Morgan fingerprint density at radius 1 is 1.17 bits per heavy atom. The van der Waals surface area contributed by atoms with E-state index in [9.17, 15) is 9.59 Å². The number of nitrogens with one attached hydrogen (secondary N) is 1. The minimum atomic E-state index is -0.375. The van der Waals surface area contributed by atoms with Crippen LogP contribution in [0.3, 0.4) is 0 Å². The fourth-order valence-corrected chi connectivity index (χ4v) is 1.90. The summed E-state index contributed by atoms with van der Waals surface area (Å²) in [5.41, 5.74) is 2.26. The normalized spacial score (nSPS) is 10.5. The molecule has 1 aromatic carbocycles. The molecule has 0 unspecified atom stereocenters. The van der Waals surface area contributed by atoms with E-state index in [2.05, 4.69) is 10.3 Å². The number of rotatable bonds is 6. The van der Waals surface area contributed by atoms with E-state index in [1.165, 1.54) is 6.08 Å². The first-order valence-corrected chi connectivity index (χ1v) is 7.32. The van der Waals surface area contributed by atoms with Crippen molar-refractivity contribution in [2.75, 3.05) is 11.9 Å². The van der Waals surface area contributed by atoms with E-state index in [0.717, 1.165) is 11.3 Å². The van der Waals surface area contributed by atoms with Gasteiger partial charge in [0.2, 0.25) is 5.91 Å². The molecule has 1 aromatic heterocycles. The quantitative estimate of drug-likeness (QED) is 0.658. The first-order valence-electron chi connectivity index (χ1n) is 7.32. The van der Waals surface area contributed by atoms with Gasteiger partial charge in [-0.1, -0.05) is 18.2 Å². The van der Waals surface area contributed by atoms with E-state index in [-0.39, 0.29) is 18.3 Å². The van der Waals surface area contributed by atoms with Crippen LogP contribution in [-0.2, 0) is 20.7 Å². The lowest BCUT2D eigenvalue weighted by Gasteiger charge is -2.05. The molecule has 1 amide bonds. The van der Waals surface area contributed by atoms with Gasteiger partial charge in [0, 0.05) is 23.7 Å². The Kier molecular flexibility index (Phi) is 6.06. The zero-order chi connectivity index (χ0) is 16.5. The molecule has 5 heteroatoms. The Morgan fingerprint density at radius 2 is 1.96 bits per heavy atom. The number of esters is 1. The fourth-order valence-electron chi connectivity index (χ4n) is 1.90. The van der Waals surface area contributed by atoms with E-state index in [4.69, 9.17) is 4.74 Å². The van der Waals surface area contributed by atoms with Crippen LogP contribution < -0.4 is 5.32 Å². The van der Waals surface area contributed by atoms with Gasteiger partial charge >= 0.3 is 5.97 Å². The van der Waals surface area contributed by atoms with Crippen LogP contribution in [0.5, 0.6) is 0 Å². The number of carbonyl (C=O) groups excluding carboxylic acids is 2. The maximum Gasteiger partial charge on any atom is 0.330 e. The zero-order valence-corrected chi connectivity index (χ0v) is 12.9. The zero-order valence-electron chi connectivity index (χ0n) is 12.9. The molecule has 0 aliphatic rings. The van der Waals surface area contributed by atoms with Crippen LogP contribution in [0.4, 0.5) is 5.69 Å². The molecule has 0 radical (unpaired) electrons. The Morgan fingerprint density at radius 3 is 2.61 bits per heavy atom. The molecule has 23 heavy (non-hydrogen) atoms. The predicted molar refractivity (Wildman–Crippen MR) is 88.7 cm³/mol. The minimum Gasteiger partial charge on any atom is -0.463 e. The second kappa shape index (κ2) is 8.48. The van der Waals surface area contributed by atoms with E-state index in [0.29, 0.717) is 12.3 Å². The summed E-state index contributed by atoms with van der Waals surface area (Å²) in [6.07, 6.45) is 4.92. The molecule has 5 nitrogen and oxygen atoms in total. The molecular formula is C18H18N2O3. The first kappa shape index (κ1) is 16.4. The maximum absolute atomic E-state index is 11.9. The molecule has 0 spiro atoms. The van der Waals surface area contributed by atoms with Crippen LogP contribution >= 0.6 is 0 Å². The molecule has 1 heterocycles. The molecule has 0 bridgehead atoms. The summed E-state index contributed by atoms with van der Waals surface area (Å²) in [4.78, 5) is 27.3. The number of benzene rings is 1. The second-order valence-corrected chi connectivity index (χ2v) is 4.75. The SMILES string of the molecule is CCOC(=O)C=Cc1ccc(NC(=O)Cc2ccccn2)cc1. The highest BCUT2D eigenvalue weighted by molar-refractivity contribution is 5.92. The Balaban J connectivity index is 1.89. The van der Waals surface area contributed by atoms with Gasteiger partial charge in [0.1, 0.15) is 0 Å². The average Bonchev–Trinajstić information content (AvgIpc) is 2.55. The smallest absolute Gasteiger partial charge is 0.330 e. The van der Waals surface area contributed by atoms with Gasteiger partial charge in [-0.2, -0.15) is 0 Å². The molecule has 2 rings (SSSR count). The number of pyridine rings is 1. The van der Waals surface area contributed by atoms with E-state index in [1.807, 2.05) is 30.3 Å². The van der Waals surface area contributed by atoms with Crippen molar-refractivity contribution in [3.05, 3.63) is 66.0 Å². The van der Waals surface area contributed by atoms with Gasteiger partial charge < -0.3 is 10.1 Å². The highest BCUT2D eigenvalue weighted by Crippen LogP contribution is 2.11. The van der Waals surface area contributed by atoms with Crippen molar-refractivity contribution in [2.45, 2.75) is 13.3 Å². The molecule has 0 atom stereocenters. The number of anilines is 1. The van der Waals surface area contributed by atoms with Gasteiger partial charge in [-0.15, -0.1) is 0 Å². The molecule has 118 valence electrons. The lowest BCUT2D eigenvalue weighted by molar-refractivity contribution is -0.137. The lowest BCUT2D eigenvalue weighted by atomic mass is 10.2. The standard InChI is InChI=1S/C18H18N2O3/c1-2-23-18(22)11-8-14-6-9-15(10-7-14)20-17(21)13-16-5-3-4-12-19-16/h3-12H,2,13H2,1H3,(H,20,21). The van der Waals surface area contributed by atoms with Crippen molar-refractivity contribution in [3.8, 4) is 0 Å². The molecular weight excluding hydrogens is 292 g/mol. The van der Waals surface area contributed by atoms with E-state index < -0.39 is 0 Å². The van der Waals surface area contributed by atoms with Crippen molar-refractivity contribution >= 4 is 23.6 Å². The van der Waals surface area contributed by atoms with Gasteiger partial charge in [-0.25, -0.2) is 4.79 Å². The maximum atomic E-state index is 11.9. The van der Waals surface area contributed by atoms with Crippen molar-refractivity contribution < 1.29 is 14.3 Å². The lowest BCUT2D eigenvalue weighted by Crippen LogP contribution is -2.14. The van der Waals surface area contributed by atoms with Crippen LogP contribution in [0.15, 0.2) is 54.7 Å². The monoisotopic (exact) mass is 310 g/mol. The fraction of sp³-hybridized carbons (Fsp3) is 0.167. The minimum absolute atomic E-state index is 0.126. The number of ether oxygens (including phenoxy) is 1. The number of amides is 1. The summed E-state index contributed by atoms with van der Waals surface area (Å²) in [5.74, 6) is -0.501. The summed E-state index contributed by atoms with van der Waals surface area (Å²) < 4.78 is 4.81. The van der Waals surface area contributed by atoms with Gasteiger partial charge in [0.15, 0.2) is 0 Å². The molecule has 1 N–H and O–H groups in total. The van der Waals surface area contributed by atoms with Crippen LogP contribution in [0.2, 0.25) is 0 Å². The number of carbonyl (C=O) groups is 2. The number of aromatic nitrogens is 1. The third-order valence-electron chi connectivity index (χ3n) is 2.96. The van der Waals surface area contributed by atoms with Crippen LogP contribution in [0.1, 0.15) is 18.2 Å². The van der Waals surface area contributed by atoms with Crippen molar-refractivity contribution in [1.29, 1.82) is 0 Å². The largest absolute Gasteiger partial charge is 0.463 e. The molecule has 0 saturated carbocycles. The van der Waals surface area contributed by atoms with Crippen LogP contribution in [0.25, 0.3) is 6.08 Å². The first-order chi connectivity index (χ1) is 11.2. The van der Waals surface area contributed by atoms with Gasteiger partial charge in [-0.3, -0.25) is 9.78 Å². The molecule has 0 saturated heterocycles. The van der Waals surface area contributed by atoms with Gasteiger partial charge in [-0.05, 0) is 42.8 Å². The Hall–Kier alpha value is -2.95. The van der Waals surface area contributed by atoms with Gasteiger partial charge in [0.05, 0.1) is 13.0 Å². The van der Waals surface area contributed by atoms with E-state index >= 15 is 0 Å². The van der Waals surface area contributed by atoms with E-state index in [1.54, 1.807) is 31.3 Å². The number of nitrogens with zero attached hydrogens (tertiary/aromatic N) is 1. The Labute approximate surface area is 135 Å². The average molecular weight is 310 g/mol. The highest BCUT2D eigenvalue weighted by Gasteiger charge is 2.04. The molecule has 0 aliphatic heterocycles. The molecule has 0 fully saturated rings. The third kappa shape index (κ3) is 5.74. The van der Waals surface area contributed by atoms with Crippen molar-refractivity contribution in [1.82, 2.24) is 4.98 Å². The number of hydrogen-bond acceptors (Lipinski definition) is 4. The highest BCUT2D eigenvalue weighted by atomic mass is 16.5. The summed E-state index contributed by atoms with van der Waals surface area (Å²) in [6.45, 7) is 2.11. The molecule has 0 aliphatic carbocycles. The summed E-state index contributed by atoms with van der Waals surface area (Å²) >= 11 is 0. The summed E-state index contributed by atoms with van der Waals surface area (Å²) in [7, 11) is 0. The van der Waals surface area contributed by atoms with Crippen LogP contribution in [-0.4, -0.2) is 23.5 Å². The Bertz CT molecular complexity index is 679. The second-order valence-electron chi connectivity index (χ2n) is 4.75. The van der Waals surface area contributed by atoms with Crippen molar-refractivity contribution in [2.24, 2.45) is 0 Å². The summed E-state index contributed by atoms with van der Waals surface area (Å²) in [5, 5.41) is 2.81. The predicted octanol–water partition coefficient (Wildman–Crippen LogP) is 2.84. The number of hydrogen-bond donors (Lipinski definition) is 1. The summed E-state index contributed by atoms with van der Waals surface area (Å²) in [6, 6.07) is 12.6. The van der Waals surface area contributed by atoms with Crippen molar-refractivity contribution in [3.63, 3.8) is 0 Å². The third-order valence-corrected chi connectivity index (χ3v) is 2.96. The topological polar surface area (TPSA) is 68.3 Å². The van der Waals surface area contributed by atoms with Crippen LogP contribution in [0, 0.1) is 0 Å². The molecule has 2 aromatic rings.